The molecule has 0 spiro atoms. The van der Waals surface area contributed by atoms with Crippen LogP contribution in [0.1, 0.15) is 33.3 Å². The number of hydrogen-bond acceptors (Lipinski definition) is 6. The summed E-state index contributed by atoms with van der Waals surface area (Å²) in [5.74, 6) is 3.49. The van der Waals surface area contributed by atoms with Crippen LogP contribution < -0.4 is 39.6 Å². The molecule has 200 valence electrons. The number of hydrogen-bond donors (Lipinski definition) is 0. The summed E-state index contributed by atoms with van der Waals surface area (Å²) in [6, 6.07) is 15.9. The van der Waals surface area contributed by atoms with Crippen LogP contribution >= 0.6 is 23.9 Å². The van der Waals surface area contributed by atoms with Crippen molar-refractivity contribution in [1.29, 1.82) is 0 Å². The third kappa shape index (κ3) is 6.34. The van der Waals surface area contributed by atoms with Crippen LogP contribution in [0.25, 0.3) is 0 Å². The maximum absolute atomic E-state index is 6.28. The third-order valence-corrected chi connectivity index (χ3v) is 9.05. The van der Waals surface area contributed by atoms with Gasteiger partial charge in [-0.1, -0.05) is 32.9 Å². The summed E-state index contributed by atoms with van der Waals surface area (Å²) in [5.41, 5.74) is 1.03. The van der Waals surface area contributed by atoms with E-state index in [2.05, 4.69) is 48.8 Å². The molecule has 0 amide bonds. The number of halogens is 1. The molecule has 0 unspecified atom stereocenters. The average Bonchev–Trinajstić information content (AvgIpc) is 2.89. The third-order valence-electron chi connectivity index (χ3n) is 5.87. The standard InChI is InChI=1S/C29H36BrO6P/c1-9-35-18-36-26-20(30)16-19(29(2,3)4)17-25(26)37(27-21(31-5)12-10-13-22(27)32-6)28-23(33-7)14-11-15-24(28)34-8/h10-17H,9,18H2,1-8H3. The van der Waals surface area contributed by atoms with Gasteiger partial charge in [-0.3, -0.25) is 0 Å². The van der Waals surface area contributed by atoms with Crippen molar-refractivity contribution in [3.05, 3.63) is 58.6 Å². The predicted octanol–water partition coefficient (Wildman–Crippen LogP) is 5.91. The zero-order valence-corrected chi connectivity index (χ0v) is 25.3. The second-order valence-electron chi connectivity index (χ2n) is 9.17. The largest absolute Gasteiger partial charge is 0.496 e. The Balaban J connectivity index is 2.52. The second kappa shape index (κ2) is 12.9. The molecule has 0 fully saturated rings. The molecule has 0 radical (unpaired) electrons. The van der Waals surface area contributed by atoms with Gasteiger partial charge in [0.1, 0.15) is 28.7 Å². The van der Waals surface area contributed by atoms with Crippen LogP contribution in [-0.2, 0) is 10.2 Å². The summed E-state index contributed by atoms with van der Waals surface area (Å²) in [6.07, 6.45) is 0. The van der Waals surface area contributed by atoms with Crippen molar-refractivity contribution >= 4 is 39.8 Å². The number of benzene rings is 3. The number of ether oxygens (including phenoxy) is 6. The van der Waals surface area contributed by atoms with Crippen LogP contribution in [-0.4, -0.2) is 41.8 Å². The highest BCUT2D eigenvalue weighted by atomic mass is 79.9. The summed E-state index contributed by atoms with van der Waals surface area (Å²) in [5, 5.41) is 2.74. The van der Waals surface area contributed by atoms with E-state index >= 15 is 0 Å². The van der Waals surface area contributed by atoms with E-state index in [4.69, 9.17) is 28.4 Å². The Morgan fingerprint density at radius 1 is 0.757 bits per heavy atom. The maximum atomic E-state index is 6.28. The highest BCUT2D eigenvalue weighted by Crippen LogP contribution is 2.49. The fourth-order valence-corrected chi connectivity index (χ4v) is 7.60. The van der Waals surface area contributed by atoms with Gasteiger partial charge in [0.05, 0.1) is 43.5 Å². The molecule has 0 atom stereocenters. The van der Waals surface area contributed by atoms with Crippen molar-refractivity contribution in [2.75, 3.05) is 41.8 Å². The van der Waals surface area contributed by atoms with Crippen molar-refractivity contribution < 1.29 is 28.4 Å². The molecule has 3 aromatic rings. The lowest BCUT2D eigenvalue weighted by molar-refractivity contribution is 0.0226. The fourth-order valence-electron chi connectivity index (χ4n) is 3.96. The highest BCUT2D eigenvalue weighted by Gasteiger charge is 2.34. The molecule has 0 heterocycles. The van der Waals surface area contributed by atoms with Gasteiger partial charge in [-0.25, -0.2) is 0 Å². The highest BCUT2D eigenvalue weighted by molar-refractivity contribution is 9.10. The fraction of sp³-hybridized carbons (Fsp3) is 0.379. The SMILES string of the molecule is CCOCOc1c(Br)cc(C(C)(C)C)cc1P(c1c(OC)cccc1OC)c1c(OC)cccc1OC. The van der Waals surface area contributed by atoms with Crippen molar-refractivity contribution in [2.45, 2.75) is 33.1 Å². The first-order valence-electron chi connectivity index (χ1n) is 12.0. The Morgan fingerprint density at radius 2 is 1.22 bits per heavy atom. The smallest absolute Gasteiger partial charge is 0.189 e. The molecular weight excluding hydrogens is 555 g/mol. The van der Waals surface area contributed by atoms with Gasteiger partial charge in [0, 0.05) is 19.8 Å². The van der Waals surface area contributed by atoms with Gasteiger partial charge < -0.3 is 28.4 Å². The molecule has 37 heavy (non-hydrogen) atoms. The van der Waals surface area contributed by atoms with Crippen molar-refractivity contribution in [1.82, 2.24) is 0 Å². The molecule has 0 saturated heterocycles. The van der Waals surface area contributed by atoms with Gasteiger partial charge in [-0.2, -0.15) is 0 Å². The molecule has 6 nitrogen and oxygen atoms in total. The molecule has 3 rings (SSSR count). The first-order valence-corrected chi connectivity index (χ1v) is 14.1. The Hall–Kier alpha value is -2.47. The maximum Gasteiger partial charge on any atom is 0.189 e. The van der Waals surface area contributed by atoms with Crippen molar-refractivity contribution in [3.63, 3.8) is 0 Å². The van der Waals surface area contributed by atoms with E-state index < -0.39 is 7.92 Å². The topological polar surface area (TPSA) is 55.4 Å². The van der Waals surface area contributed by atoms with E-state index in [0.717, 1.165) is 25.9 Å². The van der Waals surface area contributed by atoms with Crippen LogP contribution in [0.5, 0.6) is 28.7 Å². The van der Waals surface area contributed by atoms with E-state index in [1.165, 1.54) is 0 Å². The van der Waals surface area contributed by atoms with Gasteiger partial charge in [0.25, 0.3) is 0 Å². The van der Waals surface area contributed by atoms with Gasteiger partial charge in [-0.15, -0.1) is 0 Å². The Kier molecular flexibility index (Phi) is 10.1. The van der Waals surface area contributed by atoms with E-state index in [0.29, 0.717) is 35.4 Å². The minimum Gasteiger partial charge on any atom is -0.496 e. The van der Waals surface area contributed by atoms with Gasteiger partial charge in [0.2, 0.25) is 0 Å². The molecule has 0 aromatic heterocycles. The van der Waals surface area contributed by atoms with Crippen LogP contribution in [0.3, 0.4) is 0 Å². The number of methoxy groups -OCH3 is 4. The van der Waals surface area contributed by atoms with Crippen LogP contribution in [0, 0.1) is 0 Å². The molecule has 0 N–H and O–H groups in total. The first kappa shape index (κ1) is 29.1. The van der Waals surface area contributed by atoms with E-state index in [-0.39, 0.29) is 12.2 Å². The Bertz CT molecular complexity index is 1110. The lowest BCUT2D eigenvalue weighted by atomic mass is 9.87. The lowest BCUT2D eigenvalue weighted by Crippen LogP contribution is -2.28. The molecule has 0 aliphatic heterocycles. The minimum absolute atomic E-state index is 0.117. The Labute approximate surface area is 230 Å². The molecule has 0 aliphatic rings. The zero-order chi connectivity index (χ0) is 27.2. The lowest BCUT2D eigenvalue weighted by Gasteiger charge is -2.30. The summed E-state index contributed by atoms with van der Waals surface area (Å²) in [6.45, 7) is 9.17. The Morgan fingerprint density at radius 3 is 1.59 bits per heavy atom. The predicted molar refractivity (Wildman–Crippen MR) is 155 cm³/mol. The molecule has 8 heteroatoms. The van der Waals surface area contributed by atoms with Crippen molar-refractivity contribution in [2.24, 2.45) is 0 Å². The van der Waals surface area contributed by atoms with Gasteiger partial charge in [0.15, 0.2) is 6.79 Å². The normalized spacial score (nSPS) is 11.4. The molecule has 0 saturated carbocycles. The van der Waals surface area contributed by atoms with Gasteiger partial charge >= 0.3 is 0 Å². The first-order chi connectivity index (χ1) is 17.7. The molecule has 0 bridgehead atoms. The zero-order valence-electron chi connectivity index (χ0n) is 22.8. The molecule has 3 aromatic carbocycles. The van der Waals surface area contributed by atoms with Crippen molar-refractivity contribution in [3.8, 4) is 28.7 Å². The van der Waals surface area contributed by atoms with E-state index in [1.807, 2.05) is 43.3 Å². The van der Waals surface area contributed by atoms with E-state index in [9.17, 15) is 0 Å². The summed E-state index contributed by atoms with van der Waals surface area (Å²) >= 11 is 3.80. The molecule has 0 aliphatic carbocycles. The number of rotatable bonds is 11. The summed E-state index contributed by atoms with van der Waals surface area (Å²) < 4.78 is 36.3. The van der Waals surface area contributed by atoms with E-state index in [1.54, 1.807) is 28.4 Å². The summed E-state index contributed by atoms with van der Waals surface area (Å²) in [7, 11) is 5.28. The minimum atomic E-state index is -1.38. The van der Waals surface area contributed by atoms with Crippen LogP contribution in [0.2, 0.25) is 0 Å². The molecular formula is C29H36BrO6P. The average molecular weight is 591 g/mol. The van der Waals surface area contributed by atoms with Crippen LogP contribution in [0.4, 0.5) is 0 Å². The van der Waals surface area contributed by atoms with Crippen LogP contribution in [0.15, 0.2) is 53.0 Å². The van der Waals surface area contributed by atoms with Gasteiger partial charge in [-0.05, 0) is 70.2 Å². The second-order valence-corrected chi connectivity index (χ2v) is 12.1. The summed E-state index contributed by atoms with van der Waals surface area (Å²) in [4.78, 5) is 0. The monoisotopic (exact) mass is 590 g/mol. The quantitative estimate of drug-likeness (QED) is 0.157.